The number of fused-ring (bicyclic) bond motifs is 4. The molecule has 160 valence electrons. The third-order valence-corrected chi connectivity index (χ3v) is 7.50. The molecule has 2 bridgehead atoms. The minimum atomic E-state index is -0.751. The standard InChI is InChI=1S/C27H29NO3/c1-18-5-4-8-25-26(18)31-24(17-30-25)16-28-22-11-12-23(28)15-27(29,14-22)21-10-9-19-6-2-3-7-20(19)13-21/h2-10,13,22-24,29H,11-12,14-17H2,1H3. The molecule has 4 nitrogen and oxygen atoms in total. The van der Waals surface area contributed by atoms with Crippen molar-refractivity contribution < 1.29 is 14.6 Å². The van der Waals surface area contributed by atoms with Crippen molar-refractivity contribution in [1.29, 1.82) is 0 Å². The Bertz CT molecular complexity index is 1110. The molecule has 3 unspecified atom stereocenters. The average molecular weight is 416 g/mol. The van der Waals surface area contributed by atoms with E-state index in [9.17, 15) is 5.11 Å². The number of aliphatic hydroxyl groups is 1. The highest BCUT2D eigenvalue weighted by molar-refractivity contribution is 5.83. The molecule has 1 N–H and O–H groups in total. The second kappa shape index (κ2) is 7.25. The second-order valence-electron chi connectivity index (χ2n) is 9.54. The van der Waals surface area contributed by atoms with Crippen LogP contribution >= 0.6 is 0 Å². The van der Waals surface area contributed by atoms with Crippen molar-refractivity contribution in [2.24, 2.45) is 0 Å². The summed E-state index contributed by atoms with van der Waals surface area (Å²) >= 11 is 0. The third kappa shape index (κ3) is 3.29. The number of piperidine rings is 1. The fourth-order valence-electron chi connectivity index (χ4n) is 5.93. The zero-order chi connectivity index (χ0) is 21.0. The van der Waals surface area contributed by atoms with Crippen LogP contribution in [0.2, 0.25) is 0 Å². The molecule has 0 aromatic heterocycles. The van der Waals surface area contributed by atoms with E-state index in [2.05, 4.69) is 60.4 Å². The molecule has 0 aliphatic carbocycles. The smallest absolute Gasteiger partial charge is 0.164 e. The van der Waals surface area contributed by atoms with Crippen LogP contribution in [0.1, 0.15) is 36.8 Å². The molecule has 3 aliphatic heterocycles. The summed E-state index contributed by atoms with van der Waals surface area (Å²) in [4.78, 5) is 2.58. The second-order valence-corrected chi connectivity index (χ2v) is 9.54. The van der Waals surface area contributed by atoms with E-state index in [1.54, 1.807) is 0 Å². The van der Waals surface area contributed by atoms with Crippen molar-refractivity contribution in [1.82, 2.24) is 4.90 Å². The Morgan fingerprint density at radius 1 is 0.968 bits per heavy atom. The van der Waals surface area contributed by atoms with E-state index in [1.807, 2.05) is 12.1 Å². The molecule has 3 atom stereocenters. The summed E-state index contributed by atoms with van der Waals surface area (Å²) in [6.45, 7) is 3.51. The first-order chi connectivity index (χ1) is 15.1. The van der Waals surface area contributed by atoms with E-state index < -0.39 is 5.60 Å². The number of hydrogen-bond acceptors (Lipinski definition) is 4. The van der Waals surface area contributed by atoms with Crippen LogP contribution in [0.5, 0.6) is 11.5 Å². The number of nitrogens with zero attached hydrogens (tertiary/aromatic N) is 1. The highest BCUT2D eigenvalue weighted by Gasteiger charge is 2.49. The molecule has 3 aromatic carbocycles. The quantitative estimate of drug-likeness (QED) is 0.667. The summed E-state index contributed by atoms with van der Waals surface area (Å²) in [5.41, 5.74) is 1.43. The van der Waals surface area contributed by atoms with Crippen LogP contribution in [0.4, 0.5) is 0 Å². The first kappa shape index (κ1) is 19.1. The molecule has 6 rings (SSSR count). The van der Waals surface area contributed by atoms with E-state index in [0.717, 1.165) is 54.9 Å². The average Bonchev–Trinajstić information content (AvgIpc) is 3.03. The van der Waals surface area contributed by atoms with Crippen LogP contribution in [0, 0.1) is 6.92 Å². The summed E-state index contributed by atoms with van der Waals surface area (Å²) in [6, 6.07) is 21.7. The maximum atomic E-state index is 11.7. The Morgan fingerprint density at radius 2 is 1.74 bits per heavy atom. The van der Waals surface area contributed by atoms with Crippen LogP contribution in [0.15, 0.2) is 60.7 Å². The first-order valence-corrected chi connectivity index (χ1v) is 11.5. The molecule has 3 aromatic rings. The number of aryl methyl sites for hydroxylation is 1. The van der Waals surface area contributed by atoms with Crippen LogP contribution in [0.25, 0.3) is 10.8 Å². The highest BCUT2D eigenvalue weighted by atomic mass is 16.6. The molecule has 4 heteroatoms. The summed E-state index contributed by atoms with van der Waals surface area (Å²) < 4.78 is 12.3. The van der Waals surface area contributed by atoms with Crippen LogP contribution in [0.3, 0.4) is 0 Å². The van der Waals surface area contributed by atoms with Gasteiger partial charge in [0, 0.05) is 18.6 Å². The van der Waals surface area contributed by atoms with Gasteiger partial charge in [-0.1, -0.05) is 48.5 Å². The predicted octanol–water partition coefficient (Wildman–Crippen LogP) is 4.80. The fraction of sp³-hybridized carbons (Fsp3) is 0.407. The van der Waals surface area contributed by atoms with Gasteiger partial charge in [-0.15, -0.1) is 0 Å². The summed E-state index contributed by atoms with van der Waals surface area (Å²) in [5.74, 6) is 1.74. The maximum absolute atomic E-state index is 11.7. The molecule has 0 radical (unpaired) electrons. The summed E-state index contributed by atoms with van der Waals surface area (Å²) in [5, 5.41) is 14.1. The van der Waals surface area contributed by atoms with Crippen molar-refractivity contribution >= 4 is 10.8 Å². The lowest BCUT2D eigenvalue weighted by Crippen LogP contribution is -2.53. The SMILES string of the molecule is Cc1cccc2c1OC(CN1C3CCC1CC(O)(c1ccc4ccccc4c1)C3)CO2. The topological polar surface area (TPSA) is 41.9 Å². The van der Waals surface area contributed by atoms with E-state index in [0.29, 0.717) is 18.7 Å². The van der Waals surface area contributed by atoms with Gasteiger partial charge in [0.25, 0.3) is 0 Å². The van der Waals surface area contributed by atoms with Gasteiger partial charge in [-0.25, -0.2) is 0 Å². The molecule has 0 amide bonds. The maximum Gasteiger partial charge on any atom is 0.164 e. The molecule has 3 heterocycles. The fourth-order valence-corrected chi connectivity index (χ4v) is 5.93. The van der Waals surface area contributed by atoms with Gasteiger partial charge >= 0.3 is 0 Å². The summed E-state index contributed by atoms with van der Waals surface area (Å²) in [7, 11) is 0. The Morgan fingerprint density at radius 3 is 2.55 bits per heavy atom. The van der Waals surface area contributed by atoms with Gasteiger partial charge in [-0.05, 0) is 66.6 Å². The number of hydrogen-bond donors (Lipinski definition) is 1. The first-order valence-electron chi connectivity index (χ1n) is 11.5. The molecule has 31 heavy (non-hydrogen) atoms. The van der Waals surface area contributed by atoms with Gasteiger partial charge in [0.1, 0.15) is 12.7 Å². The van der Waals surface area contributed by atoms with Crippen molar-refractivity contribution in [3.05, 3.63) is 71.8 Å². The third-order valence-electron chi connectivity index (χ3n) is 7.50. The zero-order valence-corrected chi connectivity index (χ0v) is 18.0. The van der Waals surface area contributed by atoms with Crippen molar-refractivity contribution in [3.8, 4) is 11.5 Å². The Kier molecular flexibility index (Phi) is 4.48. The van der Waals surface area contributed by atoms with Gasteiger partial charge in [0.15, 0.2) is 11.5 Å². The number of para-hydroxylation sites is 1. The largest absolute Gasteiger partial charge is 0.486 e. The van der Waals surface area contributed by atoms with Gasteiger partial charge in [0.05, 0.1) is 5.60 Å². The molecular weight excluding hydrogens is 386 g/mol. The molecular formula is C27H29NO3. The minimum Gasteiger partial charge on any atom is -0.486 e. The molecule has 0 saturated carbocycles. The highest BCUT2D eigenvalue weighted by Crippen LogP contribution is 2.46. The van der Waals surface area contributed by atoms with Gasteiger partial charge in [0.2, 0.25) is 0 Å². The number of rotatable bonds is 3. The van der Waals surface area contributed by atoms with E-state index in [1.165, 1.54) is 10.8 Å². The van der Waals surface area contributed by atoms with E-state index in [4.69, 9.17) is 9.47 Å². The monoisotopic (exact) mass is 415 g/mol. The van der Waals surface area contributed by atoms with Gasteiger partial charge in [-0.2, -0.15) is 0 Å². The minimum absolute atomic E-state index is 0.0311. The molecule has 2 fully saturated rings. The predicted molar refractivity (Wildman–Crippen MR) is 122 cm³/mol. The van der Waals surface area contributed by atoms with E-state index in [-0.39, 0.29) is 6.10 Å². The Labute approximate surface area is 183 Å². The van der Waals surface area contributed by atoms with E-state index >= 15 is 0 Å². The zero-order valence-electron chi connectivity index (χ0n) is 18.0. The number of benzene rings is 3. The normalized spacial score (nSPS) is 29.9. The van der Waals surface area contributed by atoms with Crippen molar-refractivity contribution in [2.45, 2.75) is 56.4 Å². The summed E-state index contributed by atoms with van der Waals surface area (Å²) in [6.07, 6.45) is 3.88. The van der Waals surface area contributed by atoms with Gasteiger partial charge in [-0.3, -0.25) is 4.90 Å². The lowest BCUT2D eigenvalue weighted by molar-refractivity contribution is -0.0687. The lowest BCUT2D eigenvalue weighted by Gasteiger charge is -2.45. The van der Waals surface area contributed by atoms with Crippen LogP contribution < -0.4 is 9.47 Å². The van der Waals surface area contributed by atoms with Crippen molar-refractivity contribution in [3.63, 3.8) is 0 Å². The van der Waals surface area contributed by atoms with Crippen molar-refractivity contribution in [2.75, 3.05) is 13.2 Å². The van der Waals surface area contributed by atoms with Gasteiger partial charge < -0.3 is 14.6 Å². The van der Waals surface area contributed by atoms with Crippen LogP contribution in [-0.2, 0) is 5.60 Å². The Balaban J connectivity index is 1.20. The molecule has 2 saturated heterocycles. The molecule has 3 aliphatic rings. The Hall–Kier alpha value is -2.56. The number of ether oxygens (including phenoxy) is 2. The molecule has 0 spiro atoms. The lowest BCUT2D eigenvalue weighted by atomic mass is 9.80. The van der Waals surface area contributed by atoms with Crippen LogP contribution in [-0.4, -0.2) is 41.3 Å².